The van der Waals surface area contributed by atoms with Crippen LogP contribution in [0.1, 0.15) is 24.1 Å². The summed E-state index contributed by atoms with van der Waals surface area (Å²) in [6, 6.07) is 14.5. The zero-order valence-electron chi connectivity index (χ0n) is 13.6. The molecule has 1 amide bonds. The molecule has 2 N–H and O–H groups in total. The van der Waals surface area contributed by atoms with Crippen molar-refractivity contribution >= 4 is 11.9 Å². The fourth-order valence-electron chi connectivity index (χ4n) is 2.37. The zero-order chi connectivity index (χ0) is 18.4. The Kier molecular flexibility index (Phi) is 5.89. The number of hydrogen-bond donors (Lipinski definition) is 2. The van der Waals surface area contributed by atoms with Crippen LogP contribution in [0, 0.1) is 5.82 Å². The summed E-state index contributed by atoms with van der Waals surface area (Å²) in [5.74, 6) is -3.65. The molecule has 0 radical (unpaired) electrons. The van der Waals surface area contributed by atoms with E-state index >= 15 is 0 Å². The van der Waals surface area contributed by atoms with Gasteiger partial charge in [-0.3, -0.25) is 4.79 Å². The van der Waals surface area contributed by atoms with E-state index in [1.807, 2.05) is 30.3 Å². The Hall–Kier alpha value is -3.15. The molecule has 0 aliphatic heterocycles. The highest BCUT2D eigenvalue weighted by Crippen LogP contribution is 2.23. The van der Waals surface area contributed by atoms with Crippen LogP contribution in [0.15, 0.2) is 66.4 Å². The maximum atomic E-state index is 13.1. The highest BCUT2D eigenvalue weighted by Gasteiger charge is 2.22. The molecule has 1 unspecified atom stereocenters. The van der Waals surface area contributed by atoms with Crippen molar-refractivity contribution in [1.82, 2.24) is 4.90 Å². The van der Waals surface area contributed by atoms with E-state index < -0.39 is 17.6 Å². The molecular formula is C19H18FNO4. The number of benzene rings is 2. The van der Waals surface area contributed by atoms with Gasteiger partial charge in [0.1, 0.15) is 5.82 Å². The Morgan fingerprint density at radius 3 is 2.24 bits per heavy atom. The monoisotopic (exact) mass is 343 g/mol. The van der Waals surface area contributed by atoms with Gasteiger partial charge >= 0.3 is 5.97 Å². The van der Waals surface area contributed by atoms with Gasteiger partial charge < -0.3 is 15.1 Å². The number of aliphatic carboxylic acids is 1. The van der Waals surface area contributed by atoms with Crippen molar-refractivity contribution in [3.8, 4) is 0 Å². The van der Waals surface area contributed by atoms with Gasteiger partial charge in [0.15, 0.2) is 0 Å². The topological polar surface area (TPSA) is 77.8 Å². The first kappa shape index (κ1) is 18.2. The number of carbonyl (C=O) groups excluding carboxylic acids is 1. The van der Waals surface area contributed by atoms with E-state index in [-0.39, 0.29) is 18.4 Å². The minimum Gasteiger partial charge on any atom is -0.502 e. The molecule has 0 spiro atoms. The van der Waals surface area contributed by atoms with Crippen LogP contribution in [0.5, 0.6) is 0 Å². The number of hydrogen-bond acceptors (Lipinski definition) is 3. The first-order valence-corrected chi connectivity index (χ1v) is 7.62. The average molecular weight is 343 g/mol. The summed E-state index contributed by atoms with van der Waals surface area (Å²) in [5.41, 5.74) is 1.53. The predicted molar refractivity (Wildman–Crippen MR) is 90.2 cm³/mol. The fraction of sp³-hybridized carbons (Fsp3) is 0.158. The molecule has 2 aromatic rings. The molecule has 0 saturated carbocycles. The number of halogens is 1. The average Bonchev–Trinajstić information content (AvgIpc) is 2.61. The highest BCUT2D eigenvalue weighted by molar-refractivity contribution is 5.96. The van der Waals surface area contributed by atoms with Crippen LogP contribution in [-0.2, 0) is 16.1 Å². The SMILES string of the molecule is CC(c1ccccc1)N(Cc1ccc(F)cc1)C(=O)C=C(O)C(=O)O. The van der Waals surface area contributed by atoms with Gasteiger partial charge in [0.05, 0.1) is 12.1 Å². The largest absolute Gasteiger partial charge is 0.502 e. The van der Waals surface area contributed by atoms with Crippen molar-refractivity contribution in [3.05, 3.63) is 83.4 Å². The van der Waals surface area contributed by atoms with Gasteiger partial charge in [-0.25, -0.2) is 9.18 Å². The van der Waals surface area contributed by atoms with E-state index in [0.717, 1.165) is 5.56 Å². The Morgan fingerprint density at radius 2 is 1.68 bits per heavy atom. The van der Waals surface area contributed by atoms with Gasteiger partial charge in [-0.05, 0) is 30.2 Å². The van der Waals surface area contributed by atoms with Crippen molar-refractivity contribution in [2.75, 3.05) is 0 Å². The van der Waals surface area contributed by atoms with Gasteiger partial charge in [-0.15, -0.1) is 0 Å². The molecular weight excluding hydrogens is 325 g/mol. The molecule has 2 rings (SSSR count). The molecule has 0 aliphatic rings. The Morgan fingerprint density at radius 1 is 1.08 bits per heavy atom. The second-order valence-electron chi connectivity index (χ2n) is 5.51. The molecule has 2 aromatic carbocycles. The Balaban J connectivity index is 2.33. The van der Waals surface area contributed by atoms with Crippen LogP contribution < -0.4 is 0 Å². The number of carboxylic acid groups (broad SMARTS) is 1. The summed E-state index contributed by atoms with van der Waals surface area (Å²) < 4.78 is 13.1. The normalized spacial score (nSPS) is 12.5. The molecule has 1 atom stereocenters. The van der Waals surface area contributed by atoms with Crippen molar-refractivity contribution in [2.45, 2.75) is 19.5 Å². The smallest absolute Gasteiger partial charge is 0.371 e. The van der Waals surface area contributed by atoms with E-state index in [9.17, 15) is 19.1 Å². The molecule has 0 heterocycles. The standard InChI is InChI=1S/C19H18FNO4/c1-13(15-5-3-2-4-6-15)21(18(23)11-17(22)19(24)25)12-14-7-9-16(20)10-8-14/h2-11,13,22H,12H2,1H3,(H,24,25). The summed E-state index contributed by atoms with van der Waals surface area (Å²) >= 11 is 0. The van der Waals surface area contributed by atoms with Crippen molar-refractivity contribution in [1.29, 1.82) is 0 Å². The number of carbonyl (C=O) groups is 2. The van der Waals surface area contributed by atoms with E-state index in [4.69, 9.17) is 5.11 Å². The highest BCUT2D eigenvalue weighted by atomic mass is 19.1. The van der Waals surface area contributed by atoms with Gasteiger partial charge in [-0.1, -0.05) is 42.5 Å². The van der Waals surface area contributed by atoms with E-state index in [0.29, 0.717) is 11.6 Å². The third-order valence-corrected chi connectivity index (χ3v) is 3.78. The maximum absolute atomic E-state index is 13.1. The molecule has 0 bridgehead atoms. The van der Waals surface area contributed by atoms with Gasteiger partial charge in [0, 0.05) is 6.54 Å². The number of rotatable bonds is 6. The van der Waals surface area contributed by atoms with E-state index in [2.05, 4.69) is 0 Å². The van der Waals surface area contributed by atoms with Gasteiger partial charge in [-0.2, -0.15) is 0 Å². The molecule has 0 fully saturated rings. The summed E-state index contributed by atoms with van der Waals surface area (Å²) in [5, 5.41) is 18.1. The third-order valence-electron chi connectivity index (χ3n) is 3.78. The quantitative estimate of drug-likeness (QED) is 0.622. The van der Waals surface area contributed by atoms with Crippen molar-refractivity contribution in [2.24, 2.45) is 0 Å². The minimum absolute atomic E-state index is 0.137. The lowest BCUT2D eigenvalue weighted by Gasteiger charge is -2.29. The van der Waals surface area contributed by atoms with E-state index in [1.54, 1.807) is 19.1 Å². The van der Waals surface area contributed by atoms with Crippen LogP contribution in [0.2, 0.25) is 0 Å². The van der Waals surface area contributed by atoms with Crippen LogP contribution in [-0.4, -0.2) is 27.0 Å². The molecule has 5 nitrogen and oxygen atoms in total. The first-order chi connectivity index (χ1) is 11.9. The van der Waals surface area contributed by atoms with Crippen LogP contribution >= 0.6 is 0 Å². The summed E-state index contributed by atoms with van der Waals surface area (Å²) in [6.07, 6.45) is 0.672. The lowest BCUT2D eigenvalue weighted by Crippen LogP contribution is -2.32. The second-order valence-corrected chi connectivity index (χ2v) is 5.51. The maximum Gasteiger partial charge on any atom is 0.371 e. The predicted octanol–water partition coefficient (Wildman–Crippen LogP) is 3.44. The third kappa shape index (κ3) is 4.91. The van der Waals surface area contributed by atoms with Crippen LogP contribution in [0.3, 0.4) is 0 Å². The van der Waals surface area contributed by atoms with Crippen molar-refractivity contribution < 1.29 is 24.2 Å². The van der Waals surface area contributed by atoms with Gasteiger partial charge in [0.25, 0.3) is 5.91 Å². The molecule has 25 heavy (non-hydrogen) atoms. The van der Waals surface area contributed by atoms with Crippen LogP contribution in [0.4, 0.5) is 4.39 Å². The number of aliphatic hydroxyl groups excluding tert-OH is 1. The molecule has 130 valence electrons. The number of carboxylic acids is 1. The Labute approximate surface area is 144 Å². The summed E-state index contributed by atoms with van der Waals surface area (Å²) in [4.78, 5) is 24.7. The fourth-order valence-corrected chi connectivity index (χ4v) is 2.37. The molecule has 6 heteroatoms. The lowest BCUT2D eigenvalue weighted by molar-refractivity contribution is -0.136. The molecule has 0 aliphatic carbocycles. The minimum atomic E-state index is -1.58. The number of amides is 1. The van der Waals surface area contributed by atoms with Gasteiger partial charge in [0.2, 0.25) is 5.76 Å². The van der Waals surface area contributed by atoms with Crippen LogP contribution in [0.25, 0.3) is 0 Å². The van der Waals surface area contributed by atoms with E-state index in [1.165, 1.54) is 17.0 Å². The number of nitrogens with zero attached hydrogens (tertiary/aromatic N) is 1. The number of aliphatic hydroxyl groups is 1. The molecule has 0 aromatic heterocycles. The second kappa shape index (κ2) is 8.10. The molecule has 0 saturated heterocycles. The van der Waals surface area contributed by atoms with Crippen molar-refractivity contribution in [3.63, 3.8) is 0 Å². The first-order valence-electron chi connectivity index (χ1n) is 7.62. The summed E-state index contributed by atoms with van der Waals surface area (Å²) in [7, 11) is 0. The zero-order valence-corrected chi connectivity index (χ0v) is 13.6. The Bertz CT molecular complexity index is 772. The lowest BCUT2D eigenvalue weighted by atomic mass is 10.1. The summed E-state index contributed by atoms with van der Waals surface area (Å²) in [6.45, 7) is 1.93.